The Balaban J connectivity index is 2.03. The smallest absolute Gasteiger partial charge is 0.174 e. The molecule has 6 heteroatoms. The minimum absolute atomic E-state index is 0.0226. The summed E-state index contributed by atoms with van der Waals surface area (Å²) in [6, 6.07) is 6.94. The summed E-state index contributed by atoms with van der Waals surface area (Å²) in [6.07, 6.45) is -0.724. The van der Waals surface area contributed by atoms with Crippen LogP contribution in [-0.2, 0) is 0 Å². The molecule has 1 atom stereocenters. The van der Waals surface area contributed by atoms with E-state index in [0.717, 1.165) is 0 Å². The zero-order chi connectivity index (χ0) is 15.9. The van der Waals surface area contributed by atoms with Gasteiger partial charge >= 0.3 is 0 Å². The van der Waals surface area contributed by atoms with Gasteiger partial charge < -0.3 is 24.8 Å². The van der Waals surface area contributed by atoms with E-state index in [-0.39, 0.29) is 40.8 Å². The topological polar surface area (TPSA) is 96.2 Å². The third-order valence-electron chi connectivity index (χ3n) is 3.57. The number of hydrogen-bond acceptors (Lipinski definition) is 6. The van der Waals surface area contributed by atoms with Crippen LogP contribution < -0.4 is 9.47 Å². The van der Waals surface area contributed by atoms with Crippen molar-refractivity contribution in [3.63, 3.8) is 0 Å². The van der Waals surface area contributed by atoms with Crippen LogP contribution in [0.3, 0.4) is 0 Å². The van der Waals surface area contributed by atoms with E-state index in [0.29, 0.717) is 11.3 Å². The SMILES string of the molecule is COc1cc(O)c2c(c1)O[C@H](c1ccc(O)cc1O)CC2=O. The molecule has 1 aliphatic heterocycles. The molecule has 2 aromatic carbocycles. The lowest BCUT2D eigenvalue weighted by molar-refractivity contribution is 0.0842. The summed E-state index contributed by atoms with van der Waals surface area (Å²) in [6.45, 7) is 0. The molecule has 0 unspecified atom stereocenters. The van der Waals surface area contributed by atoms with Crippen LogP contribution >= 0.6 is 0 Å². The molecule has 2 aromatic rings. The van der Waals surface area contributed by atoms with Gasteiger partial charge in [-0.1, -0.05) is 0 Å². The number of rotatable bonds is 2. The number of fused-ring (bicyclic) bond motifs is 1. The van der Waals surface area contributed by atoms with Crippen LogP contribution in [-0.4, -0.2) is 28.2 Å². The summed E-state index contributed by atoms with van der Waals surface area (Å²) in [7, 11) is 1.44. The molecule has 6 nitrogen and oxygen atoms in total. The number of ether oxygens (including phenoxy) is 2. The molecule has 3 N–H and O–H groups in total. The summed E-state index contributed by atoms with van der Waals surface area (Å²) >= 11 is 0. The van der Waals surface area contributed by atoms with Crippen LogP contribution in [0.2, 0.25) is 0 Å². The molecular formula is C16H14O6. The van der Waals surface area contributed by atoms with Crippen LogP contribution in [0.15, 0.2) is 30.3 Å². The summed E-state index contributed by atoms with van der Waals surface area (Å²) in [5, 5.41) is 29.2. The molecule has 1 aliphatic rings. The molecule has 0 saturated carbocycles. The van der Waals surface area contributed by atoms with Gasteiger partial charge in [-0.15, -0.1) is 0 Å². The fourth-order valence-corrected chi connectivity index (χ4v) is 2.51. The van der Waals surface area contributed by atoms with E-state index < -0.39 is 6.10 Å². The van der Waals surface area contributed by atoms with Gasteiger partial charge in [-0.05, 0) is 12.1 Å². The van der Waals surface area contributed by atoms with Crippen molar-refractivity contribution in [1.82, 2.24) is 0 Å². The normalized spacial score (nSPS) is 16.8. The first-order valence-electron chi connectivity index (χ1n) is 6.62. The number of hydrogen-bond donors (Lipinski definition) is 3. The number of carbonyl (C=O) groups excluding carboxylic acids is 1. The van der Waals surface area contributed by atoms with Crippen LogP contribution in [0.25, 0.3) is 0 Å². The maximum Gasteiger partial charge on any atom is 0.174 e. The highest BCUT2D eigenvalue weighted by atomic mass is 16.5. The Morgan fingerprint density at radius 3 is 2.59 bits per heavy atom. The van der Waals surface area contributed by atoms with Crippen molar-refractivity contribution in [1.29, 1.82) is 0 Å². The summed E-state index contributed by atoms with van der Waals surface area (Å²) in [5.74, 6) is -0.173. The second-order valence-electron chi connectivity index (χ2n) is 5.00. The molecule has 0 aliphatic carbocycles. The fourth-order valence-electron chi connectivity index (χ4n) is 2.51. The molecule has 0 bridgehead atoms. The first-order chi connectivity index (χ1) is 10.5. The molecule has 0 radical (unpaired) electrons. The zero-order valence-electron chi connectivity index (χ0n) is 11.7. The van der Waals surface area contributed by atoms with Crippen LogP contribution in [0.5, 0.6) is 28.7 Å². The van der Waals surface area contributed by atoms with Crippen LogP contribution in [0.1, 0.15) is 28.4 Å². The molecule has 0 saturated heterocycles. The van der Waals surface area contributed by atoms with Gasteiger partial charge in [0, 0.05) is 23.8 Å². The lowest BCUT2D eigenvalue weighted by atomic mass is 9.95. The van der Waals surface area contributed by atoms with Gasteiger partial charge in [-0.25, -0.2) is 0 Å². The number of aromatic hydroxyl groups is 3. The van der Waals surface area contributed by atoms with Gasteiger partial charge in [-0.2, -0.15) is 0 Å². The minimum atomic E-state index is -0.702. The van der Waals surface area contributed by atoms with E-state index in [2.05, 4.69) is 0 Å². The minimum Gasteiger partial charge on any atom is -0.508 e. The Morgan fingerprint density at radius 2 is 1.91 bits per heavy atom. The average molecular weight is 302 g/mol. The van der Waals surface area contributed by atoms with Gasteiger partial charge in [0.05, 0.1) is 13.5 Å². The predicted molar refractivity (Wildman–Crippen MR) is 76.7 cm³/mol. The van der Waals surface area contributed by atoms with Crippen molar-refractivity contribution in [3.8, 4) is 28.7 Å². The molecule has 0 fully saturated rings. The van der Waals surface area contributed by atoms with Crippen molar-refractivity contribution in [2.75, 3.05) is 7.11 Å². The predicted octanol–water partition coefficient (Wildman–Crippen LogP) is 2.52. The van der Waals surface area contributed by atoms with Crippen molar-refractivity contribution in [2.45, 2.75) is 12.5 Å². The molecule has 0 amide bonds. The van der Waals surface area contributed by atoms with Crippen molar-refractivity contribution in [2.24, 2.45) is 0 Å². The van der Waals surface area contributed by atoms with E-state index >= 15 is 0 Å². The molecule has 22 heavy (non-hydrogen) atoms. The Labute approximate surface area is 126 Å². The van der Waals surface area contributed by atoms with Crippen LogP contribution in [0, 0.1) is 0 Å². The van der Waals surface area contributed by atoms with Gasteiger partial charge in [0.15, 0.2) is 5.78 Å². The highest BCUT2D eigenvalue weighted by molar-refractivity contribution is 6.02. The number of benzene rings is 2. The number of carbonyl (C=O) groups is 1. The lowest BCUT2D eigenvalue weighted by Gasteiger charge is -2.26. The van der Waals surface area contributed by atoms with E-state index in [1.165, 1.54) is 37.4 Å². The maximum atomic E-state index is 12.3. The number of Topliss-reactive ketones (excluding diaryl/α,β-unsaturated/α-hetero) is 1. The highest BCUT2D eigenvalue weighted by Gasteiger charge is 2.32. The van der Waals surface area contributed by atoms with Crippen LogP contribution in [0.4, 0.5) is 0 Å². The number of phenols is 3. The highest BCUT2D eigenvalue weighted by Crippen LogP contribution is 2.43. The van der Waals surface area contributed by atoms with E-state index in [1.807, 2.05) is 0 Å². The first kappa shape index (κ1) is 14.1. The maximum absolute atomic E-state index is 12.3. The summed E-state index contributed by atoms with van der Waals surface area (Å²) < 4.78 is 10.8. The Bertz CT molecular complexity index is 753. The second kappa shape index (κ2) is 5.14. The third kappa shape index (κ3) is 2.28. The molecule has 114 valence electrons. The standard InChI is InChI=1S/C16H14O6/c1-21-9-5-12(19)16-13(20)7-14(22-15(16)6-9)10-3-2-8(17)4-11(10)18/h2-6,14,17-19H,7H2,1H3/t14-/m0/s1. The van der Waals surface area contributed by atoms with E-state index in [9.17, 15) is 20.1 Å². The van der Waals surface area contributed by atoms with Crippen molar-refractivity contribution >= 4 is 5.78 Å². The van der Waals surface area contributed by atoms with Gasteiger partial charge in [0.2, 0.25) is 0 Å². The number of methoxy groups -OCH3 is 1. The Morgan fingerprint density at radius 1 is 1.14 bits per heavy atom. The first-order valence-corrected chi connectivity index (χ1v) is 6.62. The number of ketones is 1. The third-order valence-corrected chi connectivity index (χ3v) is 3.57. The molecule has 0 spiro atoms. The van der Waals surface area contributed by atoms with E-state index in [1.54, 1.807) is 0 Å². The molecule has 1 heterocycles. The monoisotopic (exact) mass is 302 g/mol. The average Bonchev–Trinajstić information content (AvgIpc) is 2.46. The largest absolute Gasteiger partial charge is 0.508 e. The fraction of sp³-hybridized carbons (Fsp3) is 0.188. The van der Waals surface area contributed by atoms with Gasteiger partial charge in [0.1, 0.15) is 40.4 Å². The second-order valence-corrected chi connectivity index (χ2v) is 5.00. The van der Waals surface area contributed by atoms with E-state index in [4.69, 9.17) is 9.47 Å². The van der Waals surface area contributed by atoms with Gasteiger partial charge in [0.25, 0.3) is 0 Å². The lowest BCUT2D eigenvalue weighted by Crippen LogP contribution is -2.20. The zero-order valence-corrected chi connectivity index (χ0v) is 11.7. The van der Waals surface area contributed by atoms with Crippen molar-refractivity contribution in [3.05, 3.63) is 41.5 Å². The Kier molecular flexibility index (Phi) is 3.29. The Hall–Kier alpha value is -2.89. The number of phenolic OH excluding ortho intramolecular Hbond substituents is 3. The molecular weight excluding hydrogens is 288 g/mol. The molecule has 3 rings (SSSR count). The quantitative estimate of drug-likeness (QED) is 0.789. The summed E-state index contributed by atoms with van der Waals surface area (Å²) in [4.78, 5) is 12.3. The van der Waals surface area contributed by atoms with Gasteiger partial charge in [-0.3, -0.25) is 4.79 Å². The summed E-state index contributed by atoms with van der Waals surface area (Å²) in [5.41, 5.74) is 0.495. The molecule has 0 aromatic heterocycles. The van der Waals surface area contributed by atoms with Crippen molar-refractivity contribution < 1.29 is 29.6 Å².